The Hall–Kier alpha value is -2.95. The third-order valence-electron chi connectivity index (χ3n) is 6.13. The number of ether oxygens (including phenoxy) is 2. The third kappa shape index (κ3) is 4.16. The van der Waals surface area contributed by atoms with Crippen molar-refractivity contribution in [2.24, 2.45) is 4.99 Å². The lowest BCUT2D eigenvalue weighted by Crippen LogP contribution is -2.41. The Morgan fingerprint density at radius 3 is 2.07 bits per heavy atom. The van der Waals surface area contributed by atoms with Gasteiger partial charge in [-0.05, 0) is 61.4 Å². The fraction of sp³-hybridized carbons (Fsp3) is 0.400. The summed E-state index contributed by atoms with van der Waals surface area (Å²) >= 11 is 0. The molecule has 2 aromatic carbocycles. The van der Waals surface area contributed by atoms with Gasteiger partial charge in [-0.3, -0.25) is 0 Å². The van der Waals surface area contributed by atoms with E-state index in [9.17, 15) is 0 Å². The van der Waals surface area contributed by atoms with E-state index in [0.717, 1.165) is 35.4 Å². The van der Waals surface area contributed by atoms with Crippen molar-refractivity contribution in [1.29, 1.82) is 0 Å². The van der Waals surface area contributed by atoms with E-state index < -0.39 is 0 Å². The van der Waals surface area contributed by atoms with Crippen LogP contribution in [0.25, 0.3) is 0 Å². The van der Waals surface area contributed by atoms with Crippen LogP contribution in [0.15, 0.2) is 66.2 Å². The maximum absolute atomic E-state index is 5.35. The van der Waals surface area contributed by atoms with Crippen LogP contribution >= 0.6 is 0 Å². The summed E-state index contributed by atoms with van der Waals surface area (Å²) in [6.45, 7) is 5.04. The fourth-order valence-electron chi connectivity index (χ4n) is 4.48. The smallest absolute Gasteiger partial charge is 0.207 e. The van der Waals surface area contributed by atoms with Crippen LogP contribution in [0.4, 0.5) is 11.4 Å². The molecule has 0 bridgehead atoms. The predicted molar refractivity (Wildman–Crippen MR) is 123 cm³/mol. The first kappa shape index (κ1) is 20.3. The number of hydrogen-bond donors (Lipinski definition) is 0. The van der Waals surface area contributed by atoms with Crippen molar-refractivity contribution < 1.29 is 9.47 Å². The van der Waals surface area contributed by atoms with Crippen molar-refractivity contribution in [1.82, 2.24) is 4.90 Å². The van der Waals surface area contributed by atoms with Crippen molar-refractivity contribution in [2.75, 3.05) is 25.7 Å². The maximum atomic E-state index is 5.35. The van der Waals surface area contributed by atoms with Crippen LogP contribution in [-0.4, -0.2) is 43.7 Å². The largest absolute Gasteiger partial charge is 0.497 e. The van der Waals surface area contributed by atoms with Crippen LogP contribution in [-0.2, 0) is 0 Å². The van der Waals surface area contributed by atoms with Gasteiger partial charge in [-0.1, -0.05) is 25.3 Å². The summed E-state index contributed by atoms with van der Waals surface area (Å²) < 4.78 is 10.7. The van der Waals surface area contributed by atoms with Gasteiger partial charge in [0.15, 0.2) is 0 Å². The molecule has 2 fully saturated rings. The number of guanidine groups is 1. The monoisotopic (exact) mass is 405 g/mol. The van der Waals surface area contributed by atoms with Crippen molar-refractivity contribution in [3.63, 3.8) is 0 Å². The highest BCUT2D eigenvalue weighted by molar-refractivity contribution is 6.01. The predicted octanol–water partition coefficient (Wildman–Crippen LogP) is 5.40. The normalized spacial score (nSPS) is 21.1. The van der Waals surface area contributed by atoms with E-state index in [-0.39, 0.29) is 6.04 Å². The minimum Gasteiger partial charge on any atom is -0.497 e. The van der Waals surface area contributed by atoms with Crippen LogP contribution < -0.4 is 14.4 Å². The van der Waals surface area contributed by atoms with Crippen LogP contribution in [0, 0.1) is 0 Å². The standard InChI is InChI=1S/C25H31N3O2/c1-4-20-18-27(21-8-6-5-7-9-21)25(26-19-10-14-23(29-2)15-11-19)28(20)22-12-16-24(30-3)17-13-22/h4,10-17,20-21H,1,5-9,18H2,2-3H3. The molecule has 0 aromatic heterocycles. The second kappa shape index (κ2) is 9.24. The molecule has 158 valence electrons. The summed E-state index contributed by atoms with van der Waals surface area (Å²) in [5, 5.41) is 0. The molecule has 5 nitrogen and oxygen atoms in total. The first-order valence-corrected chi connectivity index (χ1v) is 10.8. The quantitative estimate of drug-likeness (QED) is 0.603. The summed E-state index contributed by atoms with van der Waals surface area (Å²) in [6, 6.07) is 16.9. The van der Waals surface area contributed by atoms with Gasteiger partial charge < -0.3 is 19.3 Å². The average molecular weight is 406 g/mol. The summed E-state index contributed by atoms with van der Waals surface area (Å²) in [7, 11) is 3.38. The van der Waals surface area contributed by atoms with Crippen LogP contribution in [0.3, 0.4) is 0 Å². The maximum Gasteiger partial charge on any atom is 0.207 e. The van der Waals surface area contributed by atoms with Gasteiger partial charge in [0.2, 0.25) is 5.96 Å². The van der Waals surface area contributed by atoms with E-state index in [4.69, 9.17) is 14.5 Å². The topological polar surface area (TPSA) is 37.3 Å². The van der Waals surface area contributed by atoms with Gasteiger partial charge in [0.25, 0.3) is 0 Å². The van der Waals surface area contributed by atoms with Gasteiger partial charge in [0, 0.05) is 18.3 Å². The van der Waals surface area contributed by atoms with E-state index >= 15 is 0 Å². The molecule has 0 amide bonds. The highest BCUT2D eigenvalue weighted by Gasteiger charge is 2.38. The third-order valence-corrected chi connectivity index (χ3v) is 6.13. The average Bonchev–Trinajstić information content (AvgIpc) is 3.18. The van der Waals surface area contributed by atoms with Gasteiger partial charge in [-0.15, -0.1) is 6.58 Å². The number of hydrogen-bond acceptors (Lipinski definition) is 3. The molecule has 4 rings (SSSR count). The molecule has 1 saturated heterocycles. The molecule has 30 heavy (non-hydrogen) atoms. The molecule has 2 aliphatic rings. The molecule has 0 N–H and O–H groups in total. The van der Waals surface area contributed by atoms with Gasteiger partial charge in [-0.25, -0.2) is 4.99 Å². The van der Waals surface area contributed by atoms with Crippen LogP contribution in [0.5, 0.6) is 11.5 Å². The summed E-state index contributed by atoms with van der Waals surface area (Å²) in [5.74, 6) is 2.69. The van der Waals surface area contributed by atoms with Crippen LogP contribution in [0.2, 0.25) is 0 Å². The van der Waals surface area contributed by atoms with Gasteiger partial charge in [-0.2, -0.15) is 0 Å². The van der Waals surface area contributed by atoms with E-state index in [1.165, 1.54) is 32.1 Å². The summed E-state index contributed by atoms with van der Waals surface area (Å²) in [6.07, 6.45) is 8.40. The summed E-state index contributed by atoms with van der Waals surface area (Å²) in [4.78, 5) is 9.93. The Morgan fingerprint density at radius 2 is 1.50 bits per heavy atom. The van der Waals surface area contributed by atoms with Crippen molar-refractivity contribution in [2.45, 2.75) is 44.2 Å². The van der Waals surface area contributed by atoms with E-state index in [1.807, 2.05) is 42.5 Å². The van der Waals surface area contributed by atoms with Crippen molar-refractivity contribution in [3.05, 3.63) is 61.2 Å². The van der Waals surface area contributed by atoms with E-state index in [2.05, 4.69) is 28.5 Å². The minimum atomic E-state index is 0.178. The van der Waals surface area contributed by atoms with Gasteiger partial charge >= 0.3 is 0 Å². The van der Waals surface area contributed by atoms with Crippen molar-refractivity contribution in [3.8, 4) is 11.5 Å². The molecule has 1 heterocycles. The SMILES string of the molecule is C=CC1CN(C2CCCCC2)C(=Nc2ccc(OC)cc2)N1c1ccc(OC)cc1. The first-order valence-electron chi connectivity index (χ1n) is 10.8. The molecule has 1 saturated carbocycles. The number of aliphatic imine (C=N–C) groups is 1. The molecule has 2 aromatic rings. The lowest BCUT2D eigenvalue weighted by atomic mass is 9.94. The molecule has 1 aliphatic heterocycles. The summed E-state index contributed by atoms with van der Waals surface area (Å²) in [5.41, 5.74) is 2.03. The lowest BCUT2D eigenvalue weighted by molar-refractivity contribution is 0.257. The van der Waals surface area contributed by atoms with E-state index in [0.29, 0.717) is 6.04 Å². The Labute approximate surface area is 179 Å². The fourth-order valence-corrected chi connectivity index (χ4v) is 4.48. The van der Waals surface area contributed by atoms with Gasteiger partial charge in [0.1, 0.15) is 11.5 Å². The van der Waals surface area contributed by atoms with Crippen LogP contribution in [0.1, 0.15) is 32.1 Å². The second-order valence-electron chi connectivity index (χ2n) is 7.93. The molecular formula is C25H31N3O2. The zero-order valence-electron chi connectivity index (χ0n) is 18.0. The molecule has 0 spiro atoms. The Kier molecular flexibility index (Phi) is 6.26. The number of benzene rings is 2. The zero-order chi connectivity index (χ0) is 20.9. The number of anilines is 1. The zero-order valence-corrected chi connectivity index (χ0v) is 18.0. The first-order chi connectivity index (χ1) is 14.7. The highest BCUT2D eigenvalue weighted by Crippen LogP contribution is 2.34. The Bertz CT molecular complexity index is 870. The molecule has 1 unspecified atom stereocenters. The number of nitrogens with zero attached hydrogens (tertiary/aromatic N) is 3. The molecular weight excluding hydrogens is 374 g/mol. The molecule has 0 radical (unpaired) electrons. The highest BCUT2D eigenvalue weighted by atomic mass is 16.5. The number of methoxy groups -OCH3 is 2. The van der Waals surface area contributed by atoms with E-state index in [1.54, 1.807) is 14.2 Å². The van der Waals surface area contributed by atoms with Crippen molar-refractivity contribution >= 4 is 17.3 Å². The molecule has 1 aliphatic carbocycles. The molecule has 5 heteroatoms. The Balaban J connectivity index is 1.74. The number of rotatable bonds is 6. The minimum absolute atomic E-state index is 0.178. The lowest BCUT2D eigenvalue weighted by Gasteiger charge is -2.33. The molecule has 1 atom stereocenters. The Morgan fingerprint density at radius 1 is 0.900 bits per heavy atom. The second-order valence-corrected chi connectivity index (χ2v) is 7.93. The van der Waals surface area contributed by atoms with Gasteiger partial charge in [0.05, 0.1) is 25.9 Å².